The summed E-state index contributed by atoms with van der Waals surface area (Å²) in [6, 6.07) is 18.3. The highest BCUT2D eigenvalue weighted by atomic mass is 19.1. The third kappa shape index (κ3) is 3.20. The largest absolute Gasteiger partial charge is 0.489 e. The molecule has 4 heteroatoms. The number of carbonyl (C=O) groups excluding carboxylic acids is 1. The molecule has 0 spiro atoms. The minimum atomic E-state index is -0.566. The van der Waals surface area contributed by atoms with E-state index in [9.17, 15) is 9.18 Å². The third-order valence-corrected chi connectivity index (χ3v) is 4.74. The molecule has 0 radical (unpaired) electrons. The summed E-state index contributed by atoms with van der Waals surface area (Å²) in [7, 11) is 0. The Labute approximate surface area is 151 Å². The van der Waals surface area contributed by atoms with Crippen molar-refractivity contribution in [1.29, 1.82) is 0 Å². The summed E-state index contributed by atoms with van der Waals surface area (Å²) in [5.74, 6) is -0.239. The Bertz CT molecular complexity index is 976. The predicted molar refractivity (Wildman–Crippen MR) is 97.9 cm³/mol. The van der Waals surface area contributed by atoms with E-state index in [4.69, 9.17) is 9.47 Å². The van der Waals surface area contributed by atoms with E-state index in [1.165, 1.54) is 12.1 Å². The number of benzene rings is 3. The van der Waals surface area contributed by atoms with E-state index in [1.807, 2.05) is 43.3 Å². The fraction of sp³-hybridized carbons (Fsp3) is 0.227. The van der Waals surface area contributed by atoms with E-state index in [1.54, 1.807) is 6.07 Å². The van der Waals surface area contributed by atoms with Gasteiger partial charge in [0, 0.05) is 11.6 Å². The standard InChI is InChI=1S/C22H19FO3/c1-22(13-25-14-22)21(24)18-9-19(23)11-20(10-18)26-12-15-6-7-16-4-2-3-5-17(16)8-15/h2-11H,12-14H2,1H3. The molecule has 0 aromatic heterocycles. The lowest BCUT2D eigenvalue weighted by Crippen LogP contribution is -2.46. The second kappa shape index (κ2) is 6.54. The fourth-order valence-corrected chi connectivity index (χ4v) is 3.16. The van der Waals surface area contributed by atoms with Gasteiger partial charge in [0.2, 0.25) is 0 Å². The van der Waals surface area contributed by atoms with Crippen molar-refractivity contribution < 1.29 is 18.7 Å². The normalized spacial score (nSPS) is 15.5. The Hall–Kier alpha value is -2.72. The molecule has 3 aromatic rings. The number of Topliss-reactive ketones (excluding diaryl/α,β-unsaturated/α-hetero) is 1. The number of carbonyl (C=O) groups is 1. The lowest BCUT2D eigenvalue weighted by Gasteiger charge is -2.36. The van der Waals surface area contributed by atoms with E-state index in [0.717, 1.165) is 16.3 Å². The lowest BCUT2D eigenvalue weighted by molar-refractivity contribution is -0.0768. The second-order valence-corrected chi connectivity index (χ2v) is 7.03. The van der Waals surface area contributed by atoms with Gasteiger partial charge in [0.15, 0.2) is 5.78 Å². The minimum absolute atomic E-state index is 0.112. The zero-order valence-corrected chi connectivity index (χ0v) is 14.5. The lowest BCUT2D eigenvalue weighted by atomic mass is 9.80. The Balaban J connectivity index is 1.53. The van der Waals surface area contributed by atoms with Crippen LogP contribution >= 0.6 is 0 Å². The predicted octanol–water partition coefficient (Wildman–Crippen LogP) is 4.78. The number of rotatable bonds is 5. The van der Waals surface area contributed by atoms with E-state index >= 15 is 0 Å². The number of ether oxygens (including phenoxy) is 2. The van der Waals surface area contributed by atoms with E-state index in [-0.39, 0.29) is 5.78 Å². The third-order valence-electron chi connectivity index (χ3n) is 4.74. The van der Waals surface area contributed by atoms with Gasteiger partial charge in [0.25, 0.3) is 0 Å². The molecule has 0 unspecified atom stereocenters. The van der Waals surface area contributed by atoms with Gasteiger partial charge in [-0.1, -0.05) is 36.4 Å². The van der Waals surface area contributed by atoms with E-state index in [2.05, 4.69) is 6.07 Å². The highest BCUT2D eigenvalue weighted by molar-refractivity contribution is 6.01. The molecule has 0 atom stereocenters. The average Bonchev–Trinajstić information content (AvgIpc) is 2.63. The summed E-state index contributed by atoms with van der Waals surface area (Å²) in [6.07, 6.45) is 0. The van der Waals surface area contributed by atoms with Gasteiger partial charge in [0.05, 0.1) is 18.6 Å². The van der Waals surface area contributed by atoms with Gasteiger partial charge in [-0.05, 0) is 41.5 Å². The molecule has 26 heavy (non-hydrogen) atoms. The summed E-state index contributed by atoms with van der Waals surface area (Å²) >= 11 is 0. The van der Waals surface area contributed by atoms with E-state index in [0.29, 0.717) is 31.1 Å². The Morgan fingerprint density at radius 3 is 2.58 bits per heavy atom. The fourth-order valence-electron chi connectivity index (χ4n) is 3.16. The van der Waals surface area contributed by atoms with Crippen LogP contribution in [0.15, 0.2) is 60.7 Å². The molecule has 0 amide bonds. The molecule has 3 aromatic carbocycles. The molecule has 1 aliphatic heterocycles. The first kappa shape index (κ1) is 16.7. The molecule has 1 fully saturated rings. The minimum Gasteiger partial charge on any atom is -0.489 e. The van der Waals surface area contributed by atoms with Gasteiger partial charge < -0.3 is 9.47 Å². The molecule has 1 heterocycles. The van der Waals surface area contributed by atoms with Crippen molar-refractivity contribution in [3.05, 3.63) is 77.6 Å². The van der Waals surface area contributed by atoms with Crippen molar-refractivity contribution >= 4 is 16.6 Å². The monoisotopic (exact) mass is 350 g/mol. The van der Waals surface area contributed by atoms with Gasteiger partial charge in [-0.2, -0.15) is 0 Å². The number of fused-ring (bicyclic) bond motifs is 1. The molecular weight excluding hydrogens is 331 g/mol. The first-order valence-corrected chi connectivity index (χ1v) is 8.57. The summed E-state index contributed by atoms with van der Waals surface area (Å²) in [5.41, 5.74) is 0.744. The maximum atomic E-state index is 14.0. The van der Waals surface area contributed by atoms with Crippen LogP contribution in [-0.2, 0) is 11.3 Å². The van der Waals surface area contributed by atoms with Crippen molar-refractivity contribution in [1.82, 2.24) is 0 Å². The molecule has 1 saturated heterocycles. The number of ketones is 1. The van der Waals surface area contributed by atoms with Crippen molar-refractivity contribution in [2.75, 3.05) is 13.2 Å². The zero-order valence-electron chi connectivity index (χ0n) is 14.5. The summed E-state index contributed by atoms with van der Waals surface area (Å²) in [5, 5.41) is 2.28. The van der Waals surface area contributed by atoms with Crippen LogP contribution in [0.2, 0.25) is 0 Å². The molecule has 0 saturated carbocycles. The number of hydrogen-bond donors (Lipinski definition) is 0. The van der Waals surface area contributed by atoms with Gasteiger partial charge in [-0.25, -0.2) is 4.39 Å². The Kier molecular flexibility index (Phi) is 4.21. The number of halogens is 1. The van der Waals surface area contributed by atoms with Crippen LogP contribution in [0.25, 0.3) is 10.8 Å². The average molecular weight is 350 g/mol. The zero-order chi connectivity index (χ0) is 18.1. The topological polar surface area (TPSA) is 35.5 Å². The van der Waals surface area contributed by atoms with Gasteiger partial charge in [0.1, 0.15) is 18.2 Å². The second-order valence-electron chi connectivity index (χ2n) is 7.03. The van der Waals surface area contributed by atoms with Crippen LogP contribution in [0.1, 0.15) is 22.8 Å². The van der Waals surface area contributed by atoms with Crippen LogP contribution in [0.4, 0.5) is 4.39 Å². The molecule has 3 nitrogen and oxygen atoms in total. The smallest absolute Gasteiger partial charge is 0.173 e. The molecule has 4 rings (SSSR count). The maximum Gasteiger partial charge on any atom is 0.173 e. The van der Waals surface area contributed by atoms with E-state index < -0.39 is 11.2 Å². The summed E-state index contributed by atoms with van der Waals surface area (Å²) in [4.78, 5) is 12.6. The summed E-state index contributed by atoms with van der Waals surface area (Å²) in [6.45, 7) is 2.88. The molecular formula is C22H19FO3. The van der Waals surface area contributed by atoms with Crippen LogP contribution < -0.4 is 4.74 Å². The Morgan fingerprint density at radius 2 is 1.85 bits per heavy atom. The van der Waals surface area contributed by atoms with Crippen LogP contribution in [-0.4, -0.2) is 19.0 Å². The maximum absolute atomic E-state index is 14.0. The van der Waals surface area contributed by atoms with Crippen molar-refractivity contribution in [2.24, 2.45) is 5.41 Å². The van der Waals surface area contributed by atoms with Crippen LogP contribution in [0.5, 0.6) is 5.75 Å². The number of hydrogen-bond acceptors (Lipinski definition) is 3. The molecule has 0 aliphatic carbocycles. The molecule has 0 bridgehead atoms. The van der Waals surface area contributed by atoms with Gasteiger partial charge >= 0.3 is 0 Å². The quantitative estimate of drug-likeness (QED) is 0.622. The molecule has 1 aliphatic rings. The van der Waals surface area contributed by atoms with Crippen LogP contribution in [0, 0.1) is 11.2 Å². The first-order chi connectivity index (χ1) is 12.5. The molecule has 132 valence electrons. The Morgan fingerprint density at radius 1 is 1.08 bits per heavy atom. The first-order valence-electron chi connectivity index (χ1n) is 8.57. The van der Waals surface area contributed by atoms with Crippen LogP contribution in [0.3, 0.4) is 0 Å². The highest BCUT2D eigenvalue weighted by Gasteiger charge is 2.41. The highest BCUT2D eigenvalue weighted by Crippen LogP contribution is 2.32. The SMILES string of the molecule is CC1(C(=O)c2cc(F)cc(OCc3ccc4ccccc4c3)c2)COC1. The molecule has 0 N–H and O–H groups in total. The van der Waals surface area contributed by atoms with Gasteiger partial charge in [-0.15, -0.1) is 0 Å². The van der Waals surface area contributed by atoms with Crippen molar-refractivity contribution in [2.45, 2.75) is 13.5 Å². The van der Waals surface area contributed by atoms with Crippen molar-refractivity contribution in [3.8, 4) is 5.75 Å². The van der Waals surface area contributed by atoms with Crippen molar-refractivity contribution in [3.63, 3.8) is 0 Å². The summed E-state index contributed by atoms with van der Waals surface area (Å²) < 4.78 is 24.9. The van der Waals surface area contributed by atoms with Gasteiger partial charge in [-0.3, -0.25) is 4.79 Å².